The Hall–Kier alpha value is -0.840. The number of rotatable bonds is 1. The first-order chi connectivity index (χ1) is 7.52. The van der Waals surface area contributed by atoms with Crippen molar-refractivity contribution >= 4 is 40.3 Å². The smallest absolute Gasteiger partial charge is 0.299 e. The molecule has 0 aliphatic heterocycles. The van der Waals surface area contributed by atoms with Gasteiger partial charge in [0, 0.05) is 17.2 Å². The topological polar surface area (TPSA) is 39.1 Å². The van der Waals surface area contributed by atoms with Gasteiger partial charge in [0.15, 0.2) is 0 Å². The van der Waals surface area contributed by atoms with Crippen LogP contribution in [0.15, 0.2) is 24.4 Å². The summed E-state index contributed by atoms with van der Waals surface area (Å²) in [6.45, 7) is 0. The number of nitrogens with zero attached hydrogens (tertiary/aromatic N) is 3. The van der Waals surface area contributed by atoms with Gasteiger partial charge >= 0.3 is 0 Å². The van der Waals surface area contributed by atoms with Crippen LogP contribution in [0.25, 0.3) is 5.52 Å². The molecule has 0 bridgehead atoms. The summed E-state index contributed by atoms with van der Waals surface area (Å²) in [6.07, 6.45) is 1.72. The molecule has 0 unspecified atom stereocenters. The summed E-state index contributed by atoms with van der Waals surface area (Å²) in [5.41, 5.74) is 0.697. The molecule has 0 radical (unpaired) electrons. The van der Waals surface area contributed by atoms with E-state index in [0.29, 0.717) is 11.4 Å². The number of hydrogen-bond donors (Lipinski definition) is 0. The Kier molecular flexibility index (Phi) is 3.06. The van der Waals surface area contributed by atoms with Crippen LogP contribution in [0.4, 0.5) is 0 Å². The Morgan fingerprint density at radius 3 is 2.69 bits per heavy atom. The number of hydrogen-bond acceptors (Lipinski definition) is 3. The van der Waals surface area contributed by atoms with Gasteiger partial charge in [0.05, 0.1) is 7.11 Å². The maximum Gasteiger partial charge on any atom is 0.299 e. The average Bonchev–Trinajstić information content (AvgIpc) is 2.26. The zero-order valence-electron chi connectivity index (χ0n) is 8.19. The van der Waals surface area contributed by atoms with E-state index in [1.165, 1.54) is 7.11 Å². The minimum Gasteiger partial charge on any atom is -0.476 e. The molecule has 84 valence electrons. The van der Waals surface area contributed by atoms with Gasteiger partial charge in [-0.25, -0.2) is 0 Å². The van der Waals surface area contributed by atoms with Crippen LogP contribution in [-0.2, 0) is 3.79 Å². The first kappa shape index (κ1) is 11.6. The van der Waals surface area contributed by atoms with Crippen LogP contribution in [-0.4, -0.2) is 17.2 Å². The number of pyridine rings is 1. The molecule has 0 atom stereocenters. The van der Waals surface area contributed by atoms with Crippen LogP contribution in [0, 0.1) is 0 Å². The van der Waals surface area contributed by atoms with E-state index in [2.05, 4.69) is 10.1 Å². The van der Waals surface area contributed by atoms with Crippen LogP contribution in [0.5, 0.6) is 5.88 Å². The number of fused-ring (bicyclic) bond motifs is 1. The molecule has 4 nitrogen and oxygen atoms in total. The summed E-state index contributed by atoms with van der Waals surface area (Å²) in [5.74, 6) is 0.426. The van der Waals surface area contributed by atoms with Crippen molar-refractivity contribution in [2.75, 3.05) is 7.11 Å². The fraction of sp³-hybridized carbons (Fsp3) is 0.222. The van der Waals surface area contributed by atoms with E-state index in [1.807, 2.05) is 12.1 Å². The molecule has 0 spiro atoms. The first-order valence-corrected chi connectivity index (χ1v) is 5.45. The third-order valence-electron chi connectivity index (χ3n) is 1.92. The van der Waals surface area contributed by atoms with Crippen LogP contribution in [0.1, 0.15) is 5.82 Å². The molecule has 0 saturated heterocycles. The van der Waals surface area contributed by atoms with Crippen molar-refractivity contribution in [3.8, 4) is 5.88 Å². The maximum absolute atomic E-state index is 5.72. The third kappa shape index (κ3) is 2.14. The Morgan fingerprint density at radius 2 is 2.06 bits per heavy atom. The molecule has 0 N–H and O–H groups in total. The van der Waals surface area contributed by atoms with Crippen molar-refractivity contribution in [3.05, 3.63) is 30.2 Å². The van der Waals surface area contributed by atoms with Gasteiger partial charge in [0.25, 0.3) is 21.0 Å². The summed E-state index contributed by atoms with van der Waals surface area (Å²) >= 11 is 17.2. The normalized spacial score (nSPS) is 11.8. The van der Waals surface area contributed by atoms with Gasteiger partial charge in [-0.1, -0.05) is 34.8 Å². The van der Waals surface area contributed by atoms with E-state index in [0.717, 1.165) is 0 Å². The summed E-state index contributed by atoms with van der Waals surface area (Å²) in [6, 6.07) is 5.46. The summed E-state index contributed by atoms with van der Waals surface area (Å²) in [4.78, 5) is 4.04. The lowest BCUT2D eigenvalue weighted by atomic mass is 10.4. The molecule has 0 aliphatic carbocycles. The van der Waals surface area contributed by atoms with Gasteiger partial charge in [-0.3, -0.25) is 0 Å². The lowest BCUT2D eigenvalue weighted by molar-refractivity contribution is -0.583. The van der Waals surface area contributed by atoms with Crippen LogP contribution < -0.4 is 9.25 Å². The summed E-state index contributed by atoms with van der Waals surface area (Å²) in [7, 11) is 1.50. The predicted molar refractivity (Wildman–Crippen MR) is 61.0 cm³/mol. The van der Waals surface area contributed by atoms with Crippen molar-refractivity contribution in [3.63, 3.8) is 0 Å². The second-order valence-electron chi connectivity index (χ2n) is 2.97. The monoisotopic (exact) mass is 278 g/mol. The van der Waals surface area contributed by atoms with Crippen LogP contribution in [0.3, 0.4) is 0 Å². The maximum atomic E-state index is 5.72. The highest BCUT2D eigenvalue weighted by molar-refractivity contribution is 6.66. The zero-order chi connectivity index (χ0) is 11.8. The van der Waals surface area contributed by atoms with E-state index < -0.39 is 3.79 Å². The molecule has 2 aromatic heterocycles. The molecule has 0 amide bonds. The van der Waals surface area contributed by atoms with Gasteiger partial charge in [-0.15, -0.1) is 0 Å². The molecular weight excluding hydrogens is 272 g/mol. The Labute approximate surface area is 107 Å². The minimum absolute atomic E-state index is 0.0676. The average molecular weight is 280 g/mol. The molecule has 2 aromatic rings. The Bertz CT molecular complexity index is 527. The van der Waals surface area contributed by atoms with Crippen LogP contribution >= 0.6 is 34.8 Å². The van der Waals surface area contributed by atoms with Crippen molar-refractivity contribution < 1.29 is 9.25 Å². The first-order valence-electron chi connectivity index (χ1n) is 4.32. The molecular formula is C9H7Cl3N3O+. The van der Waals surface area contributed by atoms with E-state index in [-0.39, 0.29) is 5.82 Å². The molecule has 0 fully saturated rings. The van der Waals surface area contributed by atoms with Crippen molar-refractivity contribution in [2.45, 2.75) is 3.79 Å². The van der Waals surface area contributed by atoms with Crippen molar-refractivity contribution in [1.29, 1.82) is 0 Å². The second-order valence-corrected chi connectivity index (χ2v) is 5.25. The van der Waals surface area contributed by atoms with Gasteiger partial charge in [-0.05, 0) is 10.6 Å². The minimum atomic E-state index is -1.68. The summed E-state index contributed by atoms with van der Waals surface area (Å²) < 4.78 is 4.98. The van der Waals surface area contributed by atoms with Crippen molar-refractivity contribution in [1.82, 2.24) is 10.1 Å². The molecule has 0 aromatic carbocycles. The van der Waals surface area contributed by atoms with Gasteiger partial charge in [0.1, 0.15) is 0 Å². The lowest BCUT2D eigenvalue weighted by Crippen LogP contribution is -2.31. The number of aromatic nitrogens is 3. The van der Waals surface area contributed by atoms with E-state index >= 15 is 0 Å². The molecule has 2 heterocycles. The summed E-state index contributed by atoms with van der Waals surface area (Å²) in [5, 5.41) is 4.08. The number of methoxy groups -OCH3 is 1. The third-order valence-corrected chi connectivity index (χ3v) is 2.42. The SMILES string of the molecule is COc1nc(C(Cl)(Cl)Cl)n[n+]2ccccc12. The Balaban J connectivity index is 2.73. The van der Waals surface area contributed by atoms with Crippen LogP contribution in [0.2, 0.25) is 0 Å². The highest BCUT2D eigenvalue weighted by atomic mass is 35.6. The fourth-order valence-corrected chi connectivity index (χ4v) is 1.48. The lowest BCUT2D eigenvalue weighted by Gasteiger charge is -2.07. The fourth-order valence-electron chi connectivity index (χ4n) is 1.24. The predicted octanol–water partition coefficient (Wildman–Crippen LogP) is 2.05. The van der Waals surface area contributed by atoms with Gasteiger partial charge in [-0.2, -0.15) is 4.98 Å². The highest BCUT2D eigenvalue weighted by Gasteiger charge is 2.32. The van der Waals surface area contributed by atoms with E-state index in [4.69, 9.17) is 39.5 Å². The number of halogens is 3. The van der Waals surface area contributed by atoms with Gasteiger partial charge in [0.2, 0.25) is 6.20 Å². The Morgan fingerprint density at radius 1 is 1.31 bits per heavy atom. The molecule has 0 aliphatic rings. The largest absolute Gasteiger partial charge is 0.476 e. The number of alkyl halides is 3. The molecule has 2 rings (SSSR count). The highest BCUT2D eigenvalue weighted by Crippen LogP contribution is 2.36. The number of ether oxygens (including phenoxy) is 1. The van der Waals surface area contributed by atoms with E-state index in [1.54, 1.807) is 16.8 Å². The molecule has 0 saturated carbocycles. The van der Waals surface area contributed by atoms with E-state index in [9.17, 15) is 0 Å². The second kappa shape index (κ2) is 4.20. The zero-order valence-corrected chi connectivity index (χ0v) is 10.5. The van der Waals surface area contributed by atoms with Gasteiger partial charge < -0.3 is 4.74 Å². The van der Waals surface area contributed by atoms with Crippen molar-refractivity contribution in [2.24, 2.45) is 0 Å². The molecule has 7 heteroatoms. The quantitative estimate of drug-likeness (QED) is 0.592. The molecule has 16 heavy (non-hydrogen) atoms. The standard InChI is InChI=1S/C9H7Cl3N3O/c1-16-7-6-4-2-3-5-15(6)14-8(13-7)9(10,11)12/h2-5H,1H3/q+1.